The summed E-state index contributed by atoms with van der Waals surface area (Å²) in [7, 11) is 0. The number of nitrogens with zero attached hydrogens (tertiary/aromatic N) is 3. The van der Waals surface area contributed by atoms with E-state index in [2.05, 4.69) is 4.90 Å². The molecule has 2 aromatic carbocycles. The quantitative estimate of drug-likeness (QED) is 0.743. The van der Waals surface area contributed by atoms with Gasteiger partial charge in [-0.05, 0) is 44.2 Å². The molecule has 1 heterocycles. The van der Waals surface area contributed by atoms with E-state index in [4.69, 9.17) is 0 Å². The summed E-state index contributed by atoms with van der Waals surface area (Å²) in [6, 6.07) is 15.0. The molecule has 3 rings (SSSR count). The minimum Gasteiger partial charge on any atom is -0.369 e. The maximum Gasteiger partial charge on any atom is 0.416 e. The van der Waals surface area contributed by atoms with Crippen molar-refractivity contribution in [3.8, 4) is 0 Å². The van der Waals surface area contributed by atoms with Crippen LogP contribution >= 0.6 is 0 Å². The van der Waals surface area contributed by atoms with E-state index in [1.165, 1.54) is 12.1 Å². The number of carbonyl (C=O) groups excluding carboxylic acids is 1. The topological polar surface area (TPSA) is 26.8 Å². The van der Waals surface area contributed by atoms with E-state index >= 15 is 0 Å². The molecular weight excluding hydrogens is 379 g/mol. The Morgan fingerprint density at radius 3 is 2.24 bits per heavy atom. The molecule has 156 valence electrons. The maximum absolute atomic E-state index is 13.0. The highest BCUT2D eigenvalue weighted by molar-refractivity contribution is 5.95. The molecule has 1 saturated heterocycles. The van der Waals surface area contributed by atoms with Gasteiger partial charge in [0.25, 0.3) is 0 Å². The third-order valence-corrected chi connectivity index (χ3v) is 5.09. The summed E-state index contributed by atoms with van der Waals surface area (Å²) < 4.78 is 38.9. The Labute approximate surface area is 169 Å². The Morgan fingerprint density at radius 2 is 1.66 bits per heavy atom. The van der Waals surface area contributed by atoms with E-state index in [0.29, 0.717) is 38.4 Å². The van der Waals surface area contributed by atoms with Crippen molar-refractivity contribution >= 4 is 17.3 Å². The number of halogens is 3. The summed E-state index contributed by atoms with van der Waals surface area (Å²) in [5, 5.41) is 0. The molecule has 1 aliphatic heterocycles. The summed E-state index contributed by atoms with van der Waals surface area (Å²) in [4.78, 5) is 18.7. The lowest BCUT2D eigenvalue weighted by Crippen LogP contribution is -2.51. The number of hydrogen-bond donors (Lipinski definition) is 0. The van der Waals surface area contributed by atoms with Crippen LogP contribution in [0.5, 0.6) is 0 Å². The van der Waals surface area contributed by atoms with Crippen LogP contribution in [0.2, 0.25) is 0 Å². The van der Waals surface area contributed by atoms with E-state index in [-0.39, 0.29) is 11.9 Å². The van der Waals surface area contributed by atoms with Crippen molar-refractivity contribution in [2.75, 3.05) is 42.5 Å². The summed E-state index contributed by atoms with van der Waals surface area (Å²) >= 11 is 0. The zero-order valence-corrected chi connectivity index (χ0v) is 16.7. The Balaban J connectivity index is 1.60. The normalized spacial score (nSPS) is 15.6. The molecule has 0 saturated carbocycles. The van der Waals surface area contributed by atoms with Crippen LogP contribution in [0.15, 0.2) is 54.6 Å². The molecule has 0 radical (unpaired) electrons. The molecule has 0 N–H and O–H groups in total. The Hall–Kier alpha value is -2.54. The Bertz CT molecular complexity index is 816. The van der Waals surface area contributed by atoms with Gasteiger partial charge in [-0.3, -0.25) is 9.69 Å². The summed E-state index contributed by atoms with van der Waals surface area (Å²) in [6.45, 7) is 6.69. The number of rotatable bonds is 5. The van der Waals surface area contributed by atoms with E-state index < -0.39 is 11.7 Å². The average Bonchev–Trinajstić information content (AvgIpc) is 2.69. The van der Waals surface area contributed by atoms with Crippen molar-refractivity contribution in [3.63, 3.8) is 0 Å². The third kappa shape index (κ3) is 5.29. The zero-order valence-electron chi connectivity index (χ0n) is 16.7. The van der Waals surface area contributed by atoms with Crippen molar-refractivity contribution in [3.05, 3.63) is 60.2 Å². The lowest BCUT2D eigenvalue weighted by molar-refractivity contribution is -0.137. The van der Waals surface area contributed by atoms with Crippen LogP contribution < -0.4 is 9.80 Å². The highest BCUT2D eigenvalue weighted by Gasteiger charge is 2.31. The first-order valence-corrected chi connectivity index (χ1v) is 9.77. The van der Waals surface area contributed by atoms with Crippen LogP contribution in [0.1, 0.15) is 19.4 Å². The SMILES string of the molecule is CC(C)N(C(=O)CN1CCN(c2cccc(C(F)(F)F)c2)CC1)c1ccccc1. The van der Waals surface area contributed by atoms with Crippen LogP contribution in [0.25, 0.3) is 0 Å². The molecule has 0 aliphatic carbocycles. The van der Waals surface area contributed by atoms with Crippen molar-refractivity contribution in [1.29, 1.82) is 0 Å². The number of piperazine rings is 1. The standard InChI is InChI=1S/C22H26F3N3O/c1-17(2)28(19-8-4-3-5-9-19)21(29)16-26-11-13-27(14-12-26)20-10-6-7-18(15-20)22(23,24)25/h3-10,15,17H,11-14,16H2,1-2H3. The first kappa shape index (κ1) is 21.2. The highest BCUT2D eigenvalue weighted by atomic mass is 19.4. The molecule has 1 fully saturated rings. The first-order valence-electron chi connectivity index (χ1n) is 9.77. The van der Waals surface area contributed by atoms with Crippen molar-refractivity contribution in [2.24, 2.45) is 0 Å². The number of anilines is 2. The van der Waals surface area contributed by atoms with Crippen LogP contribution in [-0.4, -0.2) is 49.6 Å². The minimum atomic E-state index is -4.35. The predicted octanol–water partition coefficient (Wildman–Crippen LogP) is 4.27. The number of para-hydroxylation sites is 1. The Kier molecular flexibility index (Phi) is 6.47. The molecule has 0 spiro atoms. The highest BCUT2D eigenvalue weighted by Crippen LogP contribution is 2.31. The molecule has 0 unspecified atom stereocenters. The van der Waals surface area contributed by atoms with Crippen molar-refractivity contribution in [2.45, 2.75) is 26.1 Å². The fraction of sp³-hybridized carbons (Fsp3) is 0.409. The van der Waals surface area contributed by atoms with Gasteiger partial charge in [-0.25, -0.2) is 0 Å². The molecule has 1 amide bonds. The van der Waals surface area contributed by atoms with Crippen LogP contribution in [0, 0.1) is 0 Å². The lowest BCUT2D eigenvalue weighted by Gasteiger charge is -2.37. The van der Waals surface area contributed by atoms with Gasteiger partial charge in [-0.2, -0.15) is 13.2 Å². The predicted molar refractivity (Wildman–Crippen MR) is 109 cm³/mol. The molecule has 29 heavy (non-hydrogen) atoms. The van der Waals surface area contributed by atoms with Gasteiger partial charge >= 0.3 is 6.18 Å². The number of alkyl halides is 3. The molecule has 0 bridgehead atoms. The second-order valence-electron chi connectivity index (χ2n) is 7.50. The summed E-state index contributed by atoms with van der Waals surface area (Å²) in [5.74, 6) is 0.0266. The van der Waals surface area contributed by atoms with Crippen LogP contribution in [0.4, 0.5) is 24.5 Å². The average molecular weight is 405 g/mol. The lowest BCUT2D eigenvalue weighted by atomic mass is 10.1. The second kappa shape index (κ2) is 8.86. The van der Waals surface area contributed by atoms with E-state index in [0.717, 1.165) is 11.8 Å². The van der Waals surface area contributed by atoms with Gasteiger partial charge in [0.1, 0.15) is 0 Å². The van der Waals surface area contributed by atoms with Gasteiger partial charge in [0, 0.05) is 43.6 Å². The smallest absolute Gasteiger partial charge is 0.369 e. The number of hydrogen-bond acceptors (Lipinski definition) is 3. The van der Waals surface area contributed by atoms with E-state index in [9.17, 15) is 18.0 Å². The van der Waals surface area contributed by atoms with Crippen LogP contribution in [-0.2, 0) is 11.0 Å². The molecule has 0 aromatic heterocycles. The molecule has 7 heteroatoms. The van der Waals surface area contributed by atoms with Gasteiger partial charge in [-0.15, -0.1) is 0 Å². The summed E-state index contributed by atoms with van der Waals surface area (Å²) in [5.41, 5.74) is 0.803. The van der Waals surface area contributed by atoms with E-state index in [1.54, 1.807) is 11.0 Å². The fourth-order valence-corrected chi connectivity index (χ4v) is 3.63. The second-order valence-corrected chi connectivity index (χ2v) is 7.50. The Morgan fingerprint density at radius 1 is 1.00 bits per heavy atom. The molecule has 4 nitrogen and oxygen atoms in total. The summed E-state index contributed by atoms with van der Waals surface area (Å²) in [6.07, 6.45) is -4.35. The molecule has 2 aromatic rings. The number of carbonyl (C=O) groups is 1. The van der Waals surface area contributed by atoms with E-state index in [1.807, 2.05) is 49.1 Å². The van der Waals surface area contributed by atoms with Gasteiger partial charge in [0.15, 0.2) is 0 Å². The van der Waals surface area contributed by atoms with Crippen molar-refractivity contribution in [1.82, 2.24) is 4.90 Å². The number of amides is 1. The number of benzene rings is 2. The minimum absolute atomic E-state index is 0.0266. The zero-order chi connectivity index (χ0) is 21.0. The maximum atomic E-state index is 13.0. The van der Waals surface area contributed by atoms with Gasteiger partial charge in [0.05, 0.1) is 12.1 Å². The third-order valence-electron chi connectivity index (χ3n) is 5.09. The monoisotopic (exact) mass is 405 g/mol. The van der Waals surface area contributed by atoms with Gasteiger partial charge in [-0.1, -0.05) is 24.3 Å². The van der Waals surface area contributed by atoms with Crippen LogP contribution in [0.3, 0.4) is 0 Å². The van der Waals surface area contributed by atoms with Crippen molar-refractivity contribution < 1.29 is 18.0 Å². The van der Waals surface area contributed by atoms with Gasteiger partial charge < -0.3 is 9.80 Å². The first-order chi connectivity index (χ1) is 13.8. The molecule has 0 atom stereocenters. The molecular formula is C22H26F3N3O. The largest absolute Gasteiger partial charge is 0.416 e. The molecule has 1 aliphatic rings. The van der Waals surface area contributed by atoms with Gasteiger partial charge in [0.2, 0.25) is 5.91 Å². The fourth-order valence-electron chi connectivity index (χ4n) is 3.63.